The number of nitrogens with one attached hydrogen (secondary N) is 2. The van der Waals surface area contributed by atoms with E-state index in [1.807, 2.05) is 21.8 Å². The van der Waals surface area contributed by atoms with Crippen LogP contribution in [-0.4, -0.2) is 64.2 Å². The zero-order chi connectivity index (χ0) is 26.1. The highest BCUT2D eigenvalue weighted by Gasteiger charge is 2.46. The number of nitrogens with two attached hydrogens (primary N) is 1. The van der Waals surface area contributed by atoms with E-state index in [4.69, 9.17) is 15.7 Å². The number of rotatable bonds is 5. The Labute approximate surface area is 225 Å². The lowest BCUT2D eigenvalue weighted by molar-refractivity contribution is 0.0557. The number of aromatic nitrogens is 7. The van der Waals surface area contributed by atoms with Gasteiger partial charge in [0, 0.05) is 46.9 Å². The van der Waals surface area contributed by atoms with Gasteiger partial charge >= 0.3 is 0 Å². The van der Waals surface area contributed by atoms with Crippen molar-refractivity contribution in [2.24, 2.45) is 0 Å². The molecule has 1 amide bonds. The zero-order valence-corrected chi connectivity index (χ0v) is 21.8. The molecule has 1 saturated carbocycles. The van der Waals surface area contributed by atoms with Crippen LogP contribution in [-0.2, 0) is 0 Å². The number of carbonyl (C=O) groups is 1. The molecule has 11 nitrogen and oxygen atoms in total. The van der Waals surface area contributed by atoms with E-state index < -0.39 is 0 Å². The summed E-state index contributed by atoms with van der Waals surface area (Å²) in [6, 6.07) is 4.91. The SMILES string of the molecule is Nc1c(C2CC2)c(C2C[C@H]3CC[C@@H](C2)N3C(=O)c2ncn[nH]2)nc2c(-c3ccc(C4CCCN4)nc3)cnn12. The number of hydrogen-bond acceptors (Lipinski definition) is 8. The molecule has 4 N–H and O–H groups in total. The van der Waals surface area contributed by atoms with Gasteiger partial charge in [-0.05, 0) is 69.9 Å². The fourth-order valence-corrected chi connectivity index (χ4v) is 7.22. The van der Waals surface area contributed by atoms with Crippen molar-refractivity contribution >= 4 is 17.4 Å². The summed E-state index contributed by atoms with van der Waals surface area (Å²) in [5, 5.41) is 14.8. The maximum Gasteiger partial charge on any atom is 0.291 e. The predicted molar refractivity (Wildman–Crippen MR) is 144 cm³/mol. The van der Waals surface area contributed by atoms with Crippen LogP contribution in [0, 0.1) is 0 Å². The van der Waals surface area contributed by atoms with Gasteiger partial charge in [-0.15, -0.1) is 0 Å². The zero-order valence-electron chi connectivity index (χ0n) is 21.8. The van der Waals surface area contributed by atoms with Crippen LogP contribution in [0.5, 0.6) is 0 Å². The highest BCUT2D eigenvalue weighted by Crippen LogP contribution is 2.50. The van der Waals surface area contributed by atoms with E-state index in [0.29, 0.717) is 23.6 Å². The second kappa shape index (κ2) is 8.84. The highest BCUT2D eigenvalue weighted by atomic mass is 16.2. The van der Waals surface area contributed by atoms with Gasteiger partial charge in [-0.2, -0.15) is 14.7 Å². The molecule has 0 aromatic carbocycles. The lowest BCUT2D eigenvalue weighted by Gasteiger charge is -2.39. The van der Waals surface area contributed by atoms with E-state index in [2.05, 4.69) is 37.7 Å². The molecule has 4 fully saturated rings. The van der Waals surface area contributed by atoms with Crippen LogP contribution < -0.4 is 11.1 Å². The molecule has 8 rings (SSSR count). The average Bonchev–Trinajstić information content (AvgIpc) is 3.37. The molecule has 0 radical (unpaired) electrons. The molecule has 2 unspecified atom stereocenters. The number of nitrogens with zero attached hydrogens (tertiary/aromatic N) is 7. The van der Waals surface area contributed by atoms with Crippen LogP contribution in [0.2, 0.25) is 0 Å². The number of amides is 1. The van der Waals surface area contributed by atoms with Crippen molar-refractivity contribution in [1.29, 1.82) is 0 Å². The van der Waals surface area contributed by atoms with Gasteiger partial charge in [0.05, 0.1) is 17.6 Å². The summed E-state index contributed by atoms with van der Waals surface area (Å²) in [7, 11) is 0. The molecule has 3 saturated heterocycles. The molecule has 4 aliphatic rings. The number of anilines is 1. The minimum atomic E-state index is -0.0504. The molecule has 4 atom stereocenters. The van der Waals surface area contributed by atoms with Gasteiger partial charge in [-0.1, -0.05) is 6.07 Å². The Balaban J connectivity index is 1.15. The summed E-state index contributed by atoms with van der Waals surface area (Å²) in [5.41, 5.74) is 12.9. The van der Waals surface area contributed by atoms with Crippen molar-refractivity contribution in [2.75, 3.05) is 12.3 Å². The van der Waals surface area contributed by atoms with Crippen molar-refractivity contribution < 1.29 is 4.79 Å². The van der Waals surface area contributed by atoms with Gasteiger partial charge in [0.1, 0.15) is 12.1 Å². The fourth-order valence-electron chi connectivity index (χ4n) is 7.22. The number of piperidine rings is 1. The number of pyridine rings is 1. The summed E-state index contributed by atoms with van der Waals surface area (Å²) < 4.78 is 1.82. The van der Waals surface area contributed by atoms with Crippen molar-refractivity contribution in [1.82, 2.24) is 45.0 Å². The highest BCUT2D eigenvalue weighted by molar-refractivity contribution is 5.91. The van der Waals surface area contributed by atoms with E-state index >= 15 is 0 Å². The van der Waals surface area contributed by atoms with Crippen LogP contribution in [0.15, 0.2) is 30.9 Å². The van der Waals surface area contributed by atoms with Crippen LogP contribution in [0.25, 0.3) is 16.8 Å². The molecule has 3 aliphatic heterocycles. The topological polar surface area (TPSA) is 143 Å². The van der Waals surface area contributed by atoms with Crippen LogP contribution in [0.4, 0.5) is 5.82 Å². The number of fused-ring (bicyclic) bond motifs is 3. The average molecular weight is 525 g/mol. The van der Waals surface area contributed by atoms with Crippen molar-refractivity contribution in [3.63, 3.8) is 0 Å². The first-order valence-corrected chi connectivity index (χ1v) is 14.2. The summed E-state index contributed by atoms with van der Waals surface area (Å²) in [5.74, 6) is 1.67. The van der Waals surface area contributed by atoms with Gasteiger partial charge in [-0.25, -0.2) is 9.97 Å². The molecular weight excluding hydrogens is 492 g/mol. The van der Waals surface area contributed by atoms with Gasteiger partial charge in [0.15, 0.2) is 5.65 Å². The summed E-state index contributed by atoms with van der Waals surface area (Å²) in [4.78, 5) is 29.4. The third-order valence-corrected chi connectivity index (χ3v) is 9.22. The molecule has 4 aromatic rings. The second-order valence-electron chi connectivity index (χ2n) is 11.6. The summed E-state index contributed by atoms with van der Waals surface area (Å²) in [6.07, 6.45) is 13.5. The van der Waals surface area contributed by atoms with Crippen LogP contribution >= 0.6 is 0 Å². The largest absolute Gasteiger partial charge is 0.383 e. The smallest absolute Gasteiger partial charge is 0.291 e. The van der Waals surface area contributed by atoms with Crippen molar-refractivity contribution in [3.05, 3.63) is 53.6 Å². The summed E-state index contributed by atoms with van der Waals surface area (Å²) >= 11 is 0. The molecule has 7 heterocycles. The maximum atomic E-state index is 13.2. The number of nitrogen functional groups attached to an aromatic ring is 1. The number of aromatic amines is 1. The third-order valence-electron chi connectivity index (χ3n) is 9.22. The normalized spacial score (nSPS) is 26.5. The van der Waals surface area contributed by atoms with Gasteiger partial charge in [0.25, 0.3) is 5.91 Å². The Bertz CT molecular complexity index is 1520. The molecule has 39 heavy (non-hydrogen) atoms. The molecule has 2 bridgehead atoms. The quantitative estimate of drug-likeness (QED) is 0.361. The monoisotopic (exact) mass is 524 g/mol. The number of carbonyl (C=O) groups excluding carboxylic acids is 1. The second-order valence-corrected chi connectivity index (χ2v) is 11.6. The van der Waals surface area contributed by atoms with E-state index in [0.717, 1.165) is 85.2 Å². The van der Waals surface area contributed by atoms with E-state index in [1.54, 1.807) is 0 Å². The third kappa shape index (κ3) is 3.74. The lowest BCUT2D eigenvalue weighted by Crippen LogP contribution is -2.46. The number of H-pyrrole nitrogens is 1. The first-order chi connectivity index (χ1) is 19.2. The molecule has 0 spiro atoms. The van der Waals surface area contributed by atoms with E-state index in [9.17, 15) is 4.79 Å². The van der Waals surface area contributed by atoms with E-state index in [1.165, 1.54) is 12.7 Å². The first-order valence-electron chi connectivity index (χ1n) is 14.2. The Morgan fingerprint density at radius 2 is 1.85 bits per heavy atom. The minimum Gasteiger partial charge on any atom is -0.383 e. The Hall–Kier alpha value is -3.86. The summed E-state index contributed by atoms with van der Waals surface area (Å²) in [6.45, 7) is 1.05. The lowest BCUT2D eigenvalue weighted by atomic mass is 9.85. The van der Waals surface area contributed by atoms with Gasteiger partial charge in [0.2, 0.25) is 5.82 Å². The maximum absolute atomic E-state index is 13.2. The minimum absolute atomic E-state index is 0.0504. The van der Waals surface area contributed by atoms with Crippen molar-refractivity contribution in [2.45, 2.75) is 81.3 Å². The molecule has 11 heteroatoms. The predicted octanol–water partition coefficient (Wildman–Crippen LogP) is 3.34. The van der Waals surface area contributed by atoms with Gasteiger partial charge < -0.3 is 16.0 Å². The number of hydrogen-bond donors (Lipinski definition) is 3. The van der Waals surface area contributed by atoms with E-state index in [-0.39, 0.29) is 23.9 Å². The first kappa shape index (κ1) is 23.1. The van der Waals surface area contributed by atoms with Gasteiger partial charge in [-0.3, -0.25) is 14.9 Å². The molecule has 1 aliphatic carbocycles. The molecular formula is C28H32N10O. The Morgan fingerprint density at radius 3 is 2.51 bits per heavy atom. The molecule has 200 valence electrons. The molecule has 4 aromatic heterocycles. The standard InChI is InChI=1S/C28H32N10O/c29-25-23(15-3-4-15)24(17-10-18-6-7-19(11-17)37(18)28(39)26-32-14-33-36-26)35-27-20(13-34-38(25)27)16-5-8-22(31-12-16)21-2-1-9-30-21/h5,8,12-15,17-19,21,30H,1-4,6-7,9-11,29H2,(H,32,33,36)/t17?,18-,19+,21?. The fraction of sp³-hybridized carbons (Fsp3) is 0.500. The van der Waals surface area contributed by atoms with Crippen LogP contribution in [0.3, 0.4) is 0 Å². The Kier molecular flexibility index (Phi) is 5.23. The van der Waals surface area contributed by atoms with Crippen LogP contribution in [0.1, 0.15) is 96.8 Å². The van der Waals surface area contributed by atoms with Crippen molar-refractivity contribution in [3.8, 4) is 11.1 Å². The Morgan fingerprint density at radius 1 is 1.00 bits per heavy atom.